The number of anilines is 1. The smallest absolute Gasteiger partial charge is 0.222 e. The van der Waals surface area contributed by atoms with E-state index in [0.717, 1.165) is 0 Å². The van der Waals surface area contributed by atoms with Crippen molar-refractivity contribution in [2.75, 3.05) is 5.73 Å². The van der Waals surface area contributed by atoms with Gasteiger partial charge in [-0.15, -0.1) is 0 Å². The Morgan fingerprint density at radius 3 is 2.90 bits per heavy atom. The van der Waals surface area contributed by atoms with Crippen molar-refractivity contribution in [2.45, 2.75) is 13.3 Å². The molecule has 0 saturated heterocycles. The molecule has 0 aliphatic heterocycles. The van der Waals surface area contributed by atoms with Crippen molar-refractivity contribution in [1.29, 1.82) is 0 Å². The zero-order valence-electron chi connectivity index (χ0n) is 5.63. The van der Waals surface area contributed by atoms with Crippen LogP contribution in [-0.4, -0.2) is 9.97 Å². The van der Waals surface area contributed by atoms with Crippen LogP contribution in [0, 0.1) is 5.95 Å². The third kappa shape index (κ3) is 1.21. The molecule has 0 aliphatic carbocycles. The van der Waals surface area contributed by atoms with Crippen LogP contribution in [0.5, 0.6) is 0 Å². The summed E-state index contributed by atoms with van der Waals surface area (Å²) in [7, 11) is 0. The number of aryl methyl sites for hydroxylation is 1. The lowest BCUT2D eigenvalue weighted by Gasteiger charge is -1.96. The standard InChI is InChI=1S/C6H8FN3/c1-2-4-3-9-6(8)10-5(4)7/h3H,2H2,1H3,(H2,8,9,10). The number of hydrogen-bond acceptors (Lipinski definition) is 3. The van der Waals surface area contributed by atoms with Crippen LogP contribution in [0.1, 0.15) is 12.5 Å². The van der Waals surface area contributed by atoms with Gasteiger partial charge in [0.2, 0.25) is 11.9 Å². The van der Waals surface area contributed by atoms with Crippen molar-refractivity contribution in [3.05, 3.63) is 17.7 Å². The van der Waals surface area contributed by atoms with E-state index in [2.05, 4.69) is 9.97 Å². The van der Waals surface area contributed by atoms with E-state index in [-0.39, 0.29) is 5.95 Å². The van der Waals surface area contributed by atoms with E-state index < -0.39 is 5.95 Å². The molecular weight excluding hydrogens is 133 g/mol. The number of rotatable bonds is 1. The van der Waals surface area contributed by atoms with Gasteiger partial charge in [-0.3, -0.25) is 0 Å². The summed E-state index contributed by atoms with van der Waals surface area (Å²) in [5.74, 6) is -0.537. The molecule has 0 unspecified atom stereocenters. The molecule has 4 heteroatoms. The molecule has 54 valence electrons. The first kappa shape index (κ1) is 6.92. The van der Waals surface area contributed by atoms with Crippen LogP contribution < -0.4 is 5.73 Å². The van der Waals surface area contributed by atoms with Gasteiger partial charge in [-0.2, -0.15) is 9.37 Å². The van der Waals surface area contributed by atoms with Gasteiger partial charge in [0, 0.05) is 11.8 Å². The lowest BCUT2D eigenvalue weighted by Crippen LogP contribution is -2.00. The molecule has 0 radical (unpaired) electrons. The third-order valence-corrected chi connectivity index (χ3v) is 1.21. The van der Waals surface area contributed by atoms with Crippen LogP contribution in [0.2, 0.25) is 0 Å². The first-order valence-corrected chi connectivity index (χ1v) is 3.01. The van der Waals surface area contributed by atoms with E-state index in [0.29, 0.717) is 12.0 Å². The Hall–Kier alpha value is -1.19. The van der Waals surface area contributed by atoms with E-state index in [1.807, 2.05) is 6.92 Å². The van der Waals surface area contributed by atoms with Gasteiger partial charge < -0.3 is 5.73 Å². The molecule has 0 atom stereocenters. The predicted molar refractivity (Wildman–Crippen MR) is 35.8 cm³/mol. The normalized spacial score (nSPS) is 9.80. The summed E-state index contributed by atoms with van der Waals surface area (Å²) in [5.41, 5.74) is 5.61. The Bertz CT molecular complexity index is 236. The van der Waals surface area contributed by atoms with E-state index in [4.69, 9.17) is 5.73 Å². The average molecular weight is 141 g/mol. The van der Waals surface area contributed by atoms with Gasteiger partial charge in [0.25, 0.3) is 0 Å². The maximum absolute atomic E-state index is 12.6. The topological polar surface area (TPSA) is 51.8 Å². The number of aromatic nitrogens is 2. The molecule has 0 spiro atoms. The highest BCUT2D eigenvalue weighted by atomic mass is 19.1. The number of nitrogen functional groups attached to an aromatic ring is 1. The van der Waals surface area contributed by atoms with Crippen LogP contribution in [0.4, 0.5) is 10.3 Å². The molecule has 0 aromatic carbocycles. The minimum absolute atomic E-state index is 0.0188. The molecule has 0 fully saturated rings. The van der Waals surface area contributed by atoms with Crippen molar-refractivity contribution >= 4 is 5.95 Å². The summed E-state index contributed by atoms with van der Waals surface area (Å²) in [6.45, 7) is 1.83. The van der Waals surface area contributed by atoms with Crippen molar-refractivity contribution in [3.63, 3.8) is 0 Å². The van der Waals surface area contributed by atoms with E-state index in [1.165, 1.54) is 6.20 Å². The molecule has 1 heterocycles. The maximum Gasteiger partial charge on any atom is 0.222 e. The summed E-state index contributed by atoms with van der Waals surface area (Å²) in [5, 5.41) is 0. The molecular formula is C6H8FN3. The Morgan fingerprint density at radius 1 is 1.70 bits per heavy atom. The van der Waals surface area contributed by atoms with Crippen LogP contribution >= 0.6 is 0 Å². The Balaban J connectivity index is 3.07. The maximum atomic E-state index is 12.6. The SMILES string of the molecule is CCc1cnc(N)nc1F. The van der Waals surface area contributed by atoms with Crippen molar-refractivity contribution in [3.8, 4) is 0 Å². The lowest BCUT2D eigenvalue weighted by molar-refractivity contribution is 0.566. The van der Waals surface area contributed by atoms with Crippen LogP contribution in [0.15, 0.2) is 6.20 Å². The molecule has 0 amide bonds. The minimum Gasteiger partial charge on any atom is -0.368 e. The van der Waals surface area contributed by atoms with E-state index in [9.17, 15) is 4.39 Å². The molecule has 10 heavy (non-hydrogen) atoms. The Labute approximate surface area is 58.1 Å². The first-order valence-electron chi connectivity index (χ1n) is 3.01. The zero-order chi connectivity index (χ0) is 7.56. The van der Waals surface area contributed by atoms with Gasteiger partial charge in [0.05, 0.1) is 0 Å². The van der Waals surface area contributed by atoms with Gasteiger partial charge in [-0.1, -0.05) is 6.92 Å². The molecule has 0 saturated carbocycles. The summed E-state index contributed by atoms with van der Waals surface area (Å²) in [6.07, 6.45) is 1.99. The van der Waals surface area contributed by atoms with Gasteiger partial charge in [-0.25, -0.2) is 4.98 Å². The molecule has 0 bridgehead atoms. The summed E-state index contributed by atoms with van der Waals surface area (Å²) < 4.78 is 12.6. The summed E-state index contributed by atoms with van der Waals surface area (Å²) in [4.78, 5) is 6.98. The highest BCUT2D eigenvalue weighted by Gasteiger charge is 2.00. The fourth-order valence-electron chi connectivity index (χ4n) is 0.636. The second-order valence-corrected chi connectivity index (χ2v) is 1.90. The number of nitrogens with two attached hydrogens (primary N) is 1. The number of nitrogens with zero attached hydrogens (tertiary/aromatic N) is 2. The van der Waals surface area contributed by atoms with Gasteiger partial charge in [-0.05, 0) is 6.42 Å². The molecule has 3 nitrogen and oxygen atoms in total. The first-order chi connectivity index (χ1) is 4.74. The fourth-order valence-corrected chi connectivity index (χ4v) is 0.636. The number of halogens is 1. The number of hydrogen-bond donors (Lipinski definition) is 1. The predicted octanol–water partition coefficient (Wildman–Crippen LogP) is 0.760. The second-order valence-electron chi connectivity index (χ2n) is 1.90. The zero-order valence-corrected chi connectivity index (χ0v) is 5.63. The quantitative estimate of drug-likeness (QED) is 0.587. The third-order valence-electron chi connectivity index (χ3n) is 1.21. The fraction of sp³-hybridized carbons (Fsp3) is 0.333. The van der Waals surface area contributed by atoms with Crippen molar-refractivity contribution in [2.24, 2.45) is 0 Å². The van der Waals surface area contributed by atoms with Crippen LogP contribution in [0.25, 0.3) is 0 Å². The monoisotopic (exact) mass is 141 g/mol. The van der Waals surface area contributed by atoms with Crippen molar-refractivity contribution < 1.29 is 4.39 Å². The Morgan fingerprint density at radius 2 is 2.40 bits per heavy atom. The van der Waals surface area contributed by atoms with Crippen molar-refractivity contribution in [1.82, 2.24) is 9.97 Å². The van der Waals surface area contributed by atoms with Crippen LogP contribution in [-0.2, 0) is 6.42 Å². The second kappa shape index (κ2) is 2.60. The summed E-state index contributed by atoms with van der Waals surface area (Å²) in [6, 6.07) is 0. The largest absolute Gasteiger partial charge is 0.368 e. The molecule has 0 aliphatic rings. The Kier molecular flexibility index (Phi) is 1.80. The van der Waals surface area contributed by atoms with Crippen LogP contribution in [0.3, 0.4) is 0 Å². The highest BCUT2D eigenvalue weighted by molar-refractivity contribution is 5.18. The van der Waals surface area contributed by atoms with E-state index >= 15 is 0 Å². The molecule has 1 aromatic rings. The minimum atomic E-state index is -0.519. The van der Waals surface area contributed by atoms with Gasteiger partial charge >= 0.3 is 0 Å². The summed E-state index contributed by atoms with van der Waals surface area (Å²) >= 11 is 0. The molecule has 2 N–H and O–H groups in total. The van der Waals surface area contributed by atoms with Gasteiger partial charge in [0.15, 0.2) is 0 Å². The van der Waals surface area contributed by atoms with E-state index in [1.54, 1.807) is 0 Å². The molecule has 1 rings (SSSR count). The highest BCUT2D eigenvalue weighted by Crippen LogP contribution is 2.03. The average Bonchev–Trinajstić information content (AvgIpc) is 1.88. The van der Waals surface area contributed by atoms with Gasteiger partial charge in [0.1, 0.15) is 0 Å². The molecule has 1 aromatic heterocycles. The lowest BCUT2D eigenvalue weighted by atomic mass is 10.3.